The molecule has 0 saturated carbocycles. The van der Waals surface area contributed by atoms with Crippen LogP contribution >= 0.6 is 0 Å². The minimum Gasteiger partial charge on any atom is -0.481 e. The number of hydrogen-bond donors (Lipinski definition) is 2. The number of amides is 1. The first-order chi connectivity index (χ1) is 7.99. The molecule has 0 saturated heterocycles. The number of rotatable bonds is 2. The number of carboxylic acid groups (broad SMARTS) is 1. The summed E-state index contributed by atoms with van der Waals surface area (Å²) in [6.07, 6.45) is -0.202. The fourth-order valence-corrected chi connectivity index (χ4v) is 1.16. The monoisotopic (exact) mass is 232 g/mol. The highest BCUT2D eigenvalue weighted by Gasteiger charge is 2.00. The standard InChI is InChI=1S/C12H12N2O3/c1-8-10(4-3-5-12(16)17)6-7-11(13-8)14-9(2)15/h6-7H,5H2,1-2H3,(H,16,17)(H,13,14,15). The molecular weight excluding hydrogens is 220 g/mol. The minimum absolute atomic E-state index is 0.193. The number of pyridine rings is 1. The summed E-state index contributed by atoms with van der Waals surface area (Å²) < 4.78 is 0. The number of carboxylic acids is 1. The van der Waals surface area contributed by atoms with Crippen molar-refractivity contribution in [1.29, 1.82) is 0 Å². The van der Waals surface area contributed by atoms with Gasteiger partial charge in [0.2, 0.25) is 5.91 Å². The first-order valence-electron chi connectivity index (χ1n) is 4.95. The van der Waals surface area contributed by atoms with E-state index in [0.29, 0.717) is 17.1 Å². The summed E-state index contributed by atoms with van der Waals surface area (Å²) >= 11 is 0. The van der Waals surface area contributed by atoms with Gasteiger partial charge >= 0.3 is 5.97 Å². The molecule has 0 fully saturated rings. The van der Waals surface area contributed by atoms with Crippen molar-refractivity contribution >= 4 is 17.7 Å². The summed E-state index contributed by atoms with van der Waals surface area (Å²) in [5.41, 5.74) is 1.30. The normalized spacial score (nSPS) is 9.06. The van der Waals surface area contributed by atoms with Gasteiger partial charge in [0.25, 0.3) is 0 Å². The molecule has 0 spiro atoms. The fraction of sp³-hybridized carbons (Fsp3) is 0.250. The Labute approximate surface area is 98.9 Å². The van der Waals surface area contributed by atoms with Crippen molar-refractivity contribution in [3.8, 4) is 11.8 Å². The van der Waals surface area contributed by atoms with Gasteiger partial charge in [0.15, 0.2) is 0 Å². The van der Waals surface area contributed by atoms with Crippen molar-refractivity contribution in [2.45, 2.75) is 20.3 Å². The third-order valence-electron chi connectivity index (χ3n) is 1.85. The smallest absolute Gasteiger partial charge is 0.315 e. The Kier molecular flexibility index (Phi) is 4.23. The third-order valence-corrected chi connectivity index (χ3v) is 1.85. The van der Waals surface area contributed by atoms with Crippen molar-refractivity contribution in [3.63, 3.8) is 0 Å². The second-order valence-corrected chi connectivity index (χ2v) is 3.38. The molecule has 0 bridgehead atoms. The van der Waals surface area contributed by atoms with Gasteiger partial charge < -0.3 is 10.4 Å². The summed E-state index contributed by atoms with van der Waals surface area (Å²) in [4.78, 5) is 25.2. The van der Waals surface area contributed by atoms with Crippen LogP contribution in [0.4, 0.5) is 5.82 Å². The molecule has 1 aromatic rings. The van der Waals surface area contributed by atoms with Crippen molar-refractivity contribution in [3.05, 3.63) is 23.4 Å². The predicted octanol–water partition coefficient (Wildman–Crippen LogP) is 1.17. The molecule has 0 unspecified atom stereocenters. The van der Waals surface area contributed by atoms with Crippen LogP contribution in [0.1, 0.15) is 24.6 Å². The number of nitrogens with zero attached hydrogens (tertiary/aromatic N) is 1. The lowest BCUT2D eigenvalue weighted by atomic mass is 10.2. The van der Waals surface area contributed by atoms with E-state index < -0.39 is 5.97 Å². The molecule has 5 nitrogen and oxygen atoms in total. The highest BCUT2D eigenvalue weighted by Crippen LogP contribution is 2.09. The van der Waals surface area contributed by atoms with E-state index >= 15 is 0 Å². The Morgan fingerprint density at radius 1 is 1.47 bits per heavy atom. The summed E-state index contributed by atoms with van der Waals surface area (Å²) in [7, 11) is 0. The lowest BCUT2D eigenvalue weighted by Gasteiger charge is -2.03. The Balaban J connectivity index is 2.85. The zero-order valence-electron chi connectivity index (χ0n) is 9.57. The number of nitrogens with one attached hydrogen (secondary N) is 1. The highest BCUT2D eigenvalue weighted by molar-refractivity contribution is 5.87. The summed E-state index contributed by atoms with van der Waals surface area (Å²) in [6, 6.07) is 3.32. The van der Waals surface area contributed by atoms with Crippen LogP contribution in [-0.2, 0) is 9.59 Å². The van der Waals surface area contributed by atoms with E-state index in [4.69, 9.17) is 5.11 Å². The van der Waals surface area contributed by atoms with Crippen molar-refractivity contribution in [2.75, 3.05) is 5.32 Å². The Morgan fingerprint density at radius 3 is 2.71 bits per heavy atom. The van der Waals surface area contributed by atoms with Crippen LogP contribution in [0.5, 0.6) is 0 Å². The van der Waals surface area contributed by atoms with Crippen molar-refractivity contribution < 1.29 is 14.7 Å². The molecule has 1 heterocycles. The number of aromatic nitrogens is 1. The van der Waals surface area contributed by atoms with E-state index in [1.54, 1.807) is 19.1 Å². The topological polar surface area (TPSA) is 79.3 Å². The first kappa shape index (κ1) is 12.7. The Hall–Kier alpha value is -2.35. The van der Waals surface area contributed by atoms with Gasteiger partial charge in [-0.25, -0.2) is 4.98 Å². The van der Waals surface area contributed by atoms with Gasteiger partial charge in [-0.1, -0.05) is 11.8 Å². The largest absolute Gasteiger partial charge is 0.481 e. The zero-order chi connectivity index (χ0) is 12.8. The van der Waals surface area contributed by atoms with Crippen LogP contribution in [0.25, 0.3) is 0 Å². The highest BCUT2D eigenvalue weighted by atomic mass is 16.4. The summed E-state index contributed by atoms with van der Waals surface area (Å²) in [5.74, 6) is 4.55. The van der Waals surface area contributed by atoms with Crippen LogP contribution in [-0.4, -0.2) is 22.0 Å². The zero-order valence-corrected chi connectivity index (χ0v) is 9.57. The molecule has 17 heavy (non-hydrogen) atoms. The molecule has 1 aromatic heterocycles. The number of aliphatic carboxylic acids is 1. The van der Waals surface area contributed by atoms with Crippen molar-refractivity contribution in [2.24, 2.45) is 0 Å². The quantitative estimate of drug-likeness (QED) is 0.750. The maximum absolute atomic E-state index is 10.8. The van der Waals surface area contributed by atoms with Crippen LogP contribution in [0.3, 0.4) is 0 Å². The van der Waals surface area contributed by atoms with Gasteiger partial charge in [0.05, 0.1) is 5.69 Å². The number of aryl methyl sites for hydroxylation is 1. The first-order valence-corrected chi connectivity index (χ1v) is 4.95. The number of hydrogen-bond acceptors (Lipinski definition) is 3. The van der Waals surface area contributed by atoms with E-state index in [1.165, 1.54) is 6.92 Å². The molecule has 5 heteroatoms. The molecule has 0 aliphatic heterocycles. The molecule has 0 aliphatic rings. The second-order valence-electron chi connectivity index (χ2n) is 3.38. The lowest BCUT2D eigenvalue weighted by molar-refractivity contribution is -0.135. The van der Waals surface area contributed by atoms with Crippen LogP contribution < -0.4 is 5.32 Å². The van der Waals surface area contributed by atoms with Crippen LogP contribution in [0.2, 0.25) is 0 Å². The predicted molar refractivity (Wildman–Crippen MR) is 62.4 cm³/mol. The average Bonchev–Trinajstić information content (AvgIpc) is 2.20. The summed E-state index contributed by atoms with van der Waals surface area (Å²) in [5, 5.41) is 11.0. The molecule has 0 radical (unpaired) electrons. The molecule has 0 aliphatic carbocycles. The summed E-state index contributed by atoms with van der Waals surface area (Å²) in [6.45, 7) is 3.15. The number of anilines is 1. The molecule has 88 valence electrons. The molecule has 2 N–H and O–H groups in total. The van der Waals surface area contributed by atoms with E-state index in [9.17, 15) is 9.59 Å². The van der Waals surface area contributed by atoms with Crippen molar-refractivity contribution in [1.82, 2.24) is 4.98 Å². The molecule has 1 amide bonds. The van der Waals surface area contributed by atoms with Crippen LogP contribution in [0.15, 0.2) is 12.1 Å². The van der Waals surface area contributed by atoms with E-state index in [-0.39, 0.29) is 12.3 Å². The fourth-order valence-electron chi connectivity index (χ4n) is 1.16. The Morgan fingerprint density at radius 2 is 2.18 bits per heavy atom. The number of carbonyl (C=O) groups is 2. The van der Waals surface area contributed by atoms with E-state index in [1.807, 2.05) is 0 Å². The molecular formula is C12H12N2O3. The maximum atomic E-state index is 10.8. The molecule has 1 rings (SSSR count). The Bertz CT molecular complexity index is 512. The van der Waals surface area contributed by atoms with Gasteiger partial charge in [-0.3, -0.25) is 9.59 Å². The molecule has 0 atom stereocenters. The van der Waals surface area contributed by atoms with E-state index in [2.05, 4.69) is 22.1 Å². The van der Waals surface area contributed by atoms with Gasteiger partial charge in [-0.05, 0) is 19.1 Å². The van der Waals surface area contributed by atoms with Gasteiger partial charge in [0.1, 0.15) is 12.2 Å². The lowest BCUT2D eigenvalue weighted by Crippen LogP contribution is -2.08. The van der Waals surface area contributed by atoms with Gasteiger partial charge in [0, 0.05) is 12.5 Å². The average molecular weight is 232 g/mol. The third kappa shape index (κ3) is 4.34. The minimum atomic E-state index is -0.960. The SMILES string of the molecule is CC(=O)Nc1ccc(C#CCC(=O)O)c(C)n1. The maximum Gasteiger partial charge on any atom is 0.315 e. The molecule has 0 aromatic carbocycles. The number of carbonyl (C=O) groups excluding carboxylic acids is 1. The second kappa shape index (κ2) is 5.66. The van der Waals surface area contributed by atoms with E-state index in [0.717, 1.165) is 0 Å². The van der Waals surface area contributed by atoms with Gasteiger partial charge in [-0.15, -0.1) is 0 Å². The van der Waals surface area contributed by atoms with Crippen LogP contribution in [0, 0.1) is 18.8 Å². The van der Waals surface area contributed by atoms with Gasteiger partial charge in [-0.2, -0.15) is 0 Å².